The zero-order valence-electron chi connectivity index (χ0n) is 16.1. The fourth-order valence-corrected chi connectivity index (χ4v) is 5.98. The number of hydrogen-bond acceptors (Lipinski definition) is 2. The summed E-state index contributed by atoms with van der Waals surface area (Å²) in [5, 5.41) is 3.35. The van der Waals surface area contributed by atoms with E-state index < -0.39 is 0 Å². The van der Waals surface area contributed by atoms with Crippen molar-refractivity contribution >= 4 is 46.0 Å². The molecular weight excluding hydrogens is 384 g/mol. The molecule has 0 unspecified atom stereocenters. The molecule has 2 aromatic carbocycles. The second-order valence-corrected chi connectivity index (χ2v) is 9.16. The van der Waals surface area contributed by atoms with E-state index in [1.165, 1.54) is 64.2 Å². The maximum Gasteiger partial charge on any atom is 0.276 e. The van der Waals surface area contributed by atoms with Gasteiger partial charge in [-0.05, 0) is 54.3 Å². The molecule has 1 aliphatic heterocycles. The van der Waals surface area contributed by atoms with Crippen LogP contribution >= 0.6 is 23.4 Å². The Bertz CT molecular complexity index is 1070. The van der Waals surface area contributed by atoms with Crippen LogP contribution in [0, 0.1) is 0 Å². The normalized spacial score (nSPS) is 18.8. The van der Waals surface area contributed by atoms with Crippen molar-refractivity contribution in [1.29, 1.82) is 0 Å². The number of halogens is 1. The van der Waals surface area contributed by atoms with E-state index in [0.717, 1.165) is 5.15 Å². The lowest BCUT2D eigenvalue weighted by molar-refractivity contribution is -0.699. The molecule has 2 nitrogen and oxygen atoms in total. The summed E-state index contributed by atoms with van der Waals surface area (Å²) in [5.74, 6) is 0. The SMILES string of the molecule is CN1/C(=C/c2cc(Cl)[n+](C3CCCCC3)c3ccccc23)Sc2ccccc21. The molecular formula is C24H24ClN2S+. The molecule has 0 spiro atoms. The lowest BCUT2D eigenvalue weighted by Crippen LogP contribution is -2.42. The first-order valence-electron chi connectivity index (χ1n) is 10.1. The Morgan fingerprint density at radius 1 is 1.04 bits per heavy atom. The standard InChI is InChI=1S/C24H24ClN2S/c1-26-21-13-7-8-14-22(21)28-24(26)16-17-15-23(25)27(18-9-3-2-4-10-18)20-12-6-5-11-19(17)20/h5-8,11-16,18H,2-4,9-10H2,1H3/q+1. The Morgan fingerprint density at radius 3 is 2.61 bits per heavy atom. The third kappa shape index (κ3) is 3.11. The second-order valence-electron chi connectivity index (χ2n) is 7.71. The number of para-hydroxylation sites is 2. The zero-order valence-corrected chi connectivity index (χ0v) is 17.6. The number of pyridine rings is 1. The molecule has 1 aliphatic carbocycles. The third-order valence-electron chi connectivity index (χ3n) is 5.97. The molecule has 1 aromatic heterocycles. The Balaban J connectivity index is 1.62. The minimum atomic E-state index is 0.514. The molecule has 5 rings (SSSR count). The van der Waals surface area contributed by atoms with Gasteiger partial charge in [0.25, 0.3) is 5.15 Å². The number of aromatic nitrogens is 1. The molecule has 0 saturated heterocycles. The lowest BCUT2D eigenvalue weighted by Gasteiger charge is -2.20. The molecule has 28 heavy (non-hydrogen) atoms. The van der Waals surface area contributed by atoms with Gasteiger partial charge in [0.15, 0.2) is 6.04 Å². The molecule has 0 N–H and O–H groups in total. The predicted octanol–water partition coefficient (Wildman–Crippen LogP) is 6.83. The van der Waals surface area contributed by atoms with Crippen LogP contribution in [0.4, 0.5) is 5.69 Å². The molecule has 0 amide bonds. The first kappa shape index (κ1) is 18.1. The fraction of sp³-hybridized carbons (Fsp3) is 0.292. The Morgan fingerprint density at radius 2 is 1.79 bits per heavy atom. The van der Waals surface area contributed by atoms with Gasteiger partial charge in [0.1, 0.15) is 0 Å². The number of hydrogen-bond donors (Lipinski definition) is 0. The lowest BCUT2D eigenvalue weighted by atomic mass is 9.94. The smallest absolute Gasteiger partial charge is 0.276 e. The fourth-order valence-electron chi connectivity index (χ4n) is 4.53. The minimum Gasteiger partial charge on any atom is -0.338 e. The summed E-state index contributed by atoms with van der Waals surface area (Å²) in [7, 11) is 2.14. The highest BCUT2D eigenvalue weighted by atomic mass is 35.5. The molecule has 3 aromatic rings. The average molecular weight is 408 g/mol. The maximum atomic E-state index is 6.87. The van der Waals surface area contributed by atoms with Gasteiger partial charge < -0.3 is 4.90 Å². The number of rotatable bonds is 2. The van der Waals surface area contributed by atoms with Gasteiger partial charge in [0.05, 0.1) is 16.1 Å². The van der Waals surface area contributed by atoms with Crippen molar-refractivity contribution < 1.29 is 4.57 Å². The van der Waals surface area contributed by atoms with Crippen molar-refractivity contribution in [2.75, 3.05) is 11.9 Å². The Hall–Kier alpha value is -1.97. The molecule has 2 heterocycles. The monoisotopic (exact) mass is 407 g/mol. The minimum absolute atomic E-state index is 0.514. The molecule has 0 atom stereocenters. The summed E-state index contributed by atoms with van der Waals surface area (Å²) in [6.45, 7) is 0. The first-order valence-corrected chi connectivity index (χ1v) is 11.3. The number of thioether (sulfide) groups is 1. The number of nitrogens with zero attached hydrogens (tertiary/aromatic N) is 2. The Labute approximate surface area is 175 Å². The van der Waals surface area contributed by atoms with Crippen LogP contribution in [0.2, 0.25) is 5.15 Å². The van der Waals surface area contributed by atoms with Crippen LogP contribution in [-0.4, -0.2) is 7.05 Å². The summed E-state index contributed by atoms with van der Waals surface area (Å²) in [6.07, 6.45) is 8.68. The zero-order chi connectivity index (χ0) is 19.1. The molecule has 0 bridgehead atoms. The van der Waals surface area contributed by atoms with Gasteiger partial charge in [-0.2, -0.15) is 4.57 Å². The predicted molar refractivity (Wildman–Crippen MR) is 120 cm³/mol. The van der Waals surface area contributed by atoms with Crippen LogP contribution < -0.4 is 9.47 Å². The van der Waals surface area contributed by atoms with Crippen LogP contribution in [0.3, 0.4) is 0 Å². The quantitative estimate of drug-likeness (QED) is 0.339. The highest BCUT2D eigenvalue weighted by Gasteiger charge is 2.29. The van der Waals surface area contributed by atoms with E-state index in [0.29, 0.717) is 6.04 Å². The first-order chi connectivity index (χ1) is 13.7. The molecule has 142 valence electrons. The van der Waals surface area contributed by atoms with Crippen LogP contribution in [0.15, 0.2) is 64.5 Å². The Kier molecular flexibility index (Phi) is 4.82. The topological polar surface area (TPSA) is 7.12 Å². The van der Waals surface area contributed by atoms with Crippen LogP contribution in [0.25, 0.3) is 17.0 Å². The van der Waals surface area contributed by atoms with Crippen LogP contribution in [0.5, 0.6) is 0 Å². The third-order valence-corrected chi connectivity index (χ3v) is 7.43. The van der Waals surface area contributed by atoms with Gasteiger partial charge in [0, 0.05) is 36.9 Å². The van der Waals surface area contributed by atoms with E-state index in [1.807, 2.05) is 11.8 Å². The van der Waals surface area contributed by atoms with Gasteiger partial charge >= 0.3 is 0 Å². The summed E-state index contributed by atoms with van der Waals surface area (Å²) < 4.78 is 2.37. The van der Waals surface area contributed by atoms with Gasteiger partial charge in [-0.15, -0.1) is 0 Å². The highest BCUT2D eigenvalue weighted by molar-refractivity contribution is 8.03. The van der Waals surface area contributed by atoms with E-state index in [-0.39, 0.29) is 0 Å². The van der Waals surface area contributed by atoms with E-state index in [9.17, 15) is 0 Å². The van der Waals surface area contributed by atoms with Gasteiger partial charge in [-0.3, -0.25) is 0 Å². The van der Waals surface area contributed by atoms with Crippen molar-refractivity contribution in [3.8, 4) is 0 Å². The van der Waals surface area contributed by atoms with Crippen molar-refractivity contribution in [3.05, 3.63) is 70.3 Å². The van der Waals surface area contributed by atoms with Crippen molar-refractivity contribution in [2.45, 2.75) is 43.0 Å². The van der Waals surface area contributed by atoms with E-state index >= 15 is 0 Å². The van der Waals surface area contributed by atoms with E-state index in [1.54, 1.807) is 0 Å². The van der Waals surface area contributed by atoms with Gasteiger partial charge in [-0.25, -0.2) is 0 Å². The molecule has 2 aliphatic rings. The van der Waals surface area contributed by atoms with E-state index in [4.69, 9.17) is 11.6 Å². The maximum absolute atomic E-state index is 6.87. The van der Waals surface area contributed by atoms with Crippen molar-refractivity contribution in [2.24, 2.45) is 0 Å². The van der Waals surface area contributed by atoms with Gasteiger partial charge in [-0.1, -0.05) is 42.4 Å². The molecule has 1 saturated carbocycles. The molecule has 4 heteroatoms. The van der Waals surface area contributed by atoms with Crippen LogP contribution in [-0.2, 0) is 0 Å². The summed E-state index contributed by atoms with van der Waals surface area (Å²) in [5.41, 5.74) is 3.70. The second kappa shape index (κ2) is 7.46. The summed E-state index contributed by atoms with van der Waals surface area (Å²) in [4.78, 5) is 3.57. The molecule has 1 fully saturated rings. The summed E-state index contributed by atoms with van der Waals surface area (Å²) in [6, 6.07) is 19.9. The van der Waals surface area contributed by atoms with Crippen molar-refractivity contribution in [1.82, 2.24) is 0 Å². The van der Waals surface area contributed by atoms with E-state index in [2.05, 4.69) is 77.2 Å². The number of fused-ring (bicyclic) bond motifs is 2. The largest absolute Gasteiger partial charge is 0.338 e. The average Bonchev–Trinajstić information content (AvgIpc) is 3.04. The molecule has 0 radical (unpaired) electrons. The van der Waals surface area contributed by atoms with Crippen LogP contribution in [0.1, 0.15) is 43.7 Å². The summed E-state index contributed by atoms with van der Waals surface area (Å²) >= 11 is 8.69. The number of anilines is 1. The number of benzene rings is 2. The van der Waals surface area contributed by atoms with Gasteiger partial charge in [0.2, 0.25) is 5.52 Å². The van der Waals surface area contributed by atoms with Crippen molar-refractivity contribution in [3.63, 3.8) is 0 Å². The highest BCUT2D eigenvalue weighted by Crippen LogP contribution is 2.45.